The molecule has 0 aliphatic carbocycles. The average molecular weight is 740 g/mol. The van der Waals surface area contributed by atoms with Crippen LogP contribution in [-0.2, 0) is 24.6 Å². The quantitative estimate of drug-likeness (QED) is 0.107. The predicted octanol–water partition coefficient (Wildman–Crippen LogP) is 6.22. The Kier molecular flexibility index (Phi) is 12.9. The van der Waals surface area contributed by atoms with E-state index in [1.165, 1.54) is 18.3 Å². The Morgan fingerprint density at radius 2 is 1.51 bits per heavy atom. The van der Waals surface area contributed by atoms with E-state index in [9.17, 15) is 18.7 Å². The molecule has 1 amide bonds. The van der Waals surface area contributed by atoms with Crippen molar-refractivity contribution in [2.24, 2.45) is 5.10 Å². The van der Waals surface area contributed by atoms with Crippen molar-refractivity contribution < 1.29 is 32.7 Å². The third kappa shape index (κ3) is 10.7. The Morgan fingerprint density at radius 1 is 0.882 bits per heavy atom. The van der Waals surface area contributed by atoms with Crippen LogP contribution >= 0.6 is 24.0 Å². The van der Waals surface area contributed by atoms with Crippen molar-refractivity contribution in [3.63, 3.8) is 0 Å². The van der Waals surface area contributed by atoms with Crippen molar-refractivity contribution in [2.75, 3.05) is 32.7 Å². The molecular weight excluding hydrogens is 705 g/mol. The summed E-state index contributed by atoms with van der Waals surface area (Å²) in [4.78, 5) is 21.2. The Labute approximate surface area is 303 Å². The van der Waals surface area contributed by atoms with E-state index in [0.29, 0.717) is 67.4 Å². The lowest BCUT2D eigenvalue weighted by Crippen LogP contribution is -2.48. The molecule has 0 radical (unpaired) electrons. The number of aromatic hydroxyl groups is 1. The number of phenolic OH excluding ortho intramolecular Hbond substituents is 1. The SMILES string of the molecule is Cl.O=C(CN1CCN(Cc2nc(-c3ccc(COc4ccc(F)c(F)c4)cc3)no2)CC1)NN=Cc1ccc(OCc2ccc(Cl)cc2)cc1O. The molecule has 6 rings (SSSR count). The van der Waals surface area contributed by atoms with Gasteiger partial charge >= 0.3 is 0 Å². The van der Waals surface area contributed by atoms with Crippen LogP contribution in [0, 0.1) is 11.6 Å². The van der Waals surface area contributed by atoms with E-state index in [4.69, 9.17) is 25.6 Å². The number of nitrogens with zero attached hydrogens (tertiary/aromatic N) is 5. The van der Waals surface area contributed by atoms with Crippen LogP contribution in [0.15, 0.2) is 94.6 Å². The summed E-state index contributed by atoms with van der Waals surface area (Å²) in [7, 11) is 0. The summed E-state index contributed by atoms with van der Waals surface area (Å²) >= 11 is 5.91. The van der Waals surface area contributed by atoms with Gasteiger partial charge < -0.3 is 19.1 Å². The molecule has 0 spiro atoms. The second-order valence-electron chi connectivity index (χ2n) is 11.6. The number of hydrazone groups is 1. The second kappa shape index (κ2) is 17.7. The maximum atomic E-state index is 13.4. The van der Waals surface area contributed by atoms with Crippen molar-refractivity contribution in [3.8, 4) is 28.6 Å². The molecule has 2 heterocycles. The summed E-state index contributed by atoms with van der Waals surface area (Å²) in [6, 6.07) is 22.9. The van der Waals surface area contributed by atoms with E-state index >= 15 is 0 Å². The maximum Gasteiger partial charge on any atom is 0.254 e. The number of piperazine rings is 1. The van der Waals surface area contributed by atoms with Gasteiger partial charge in [-0.05, 0) is 47.5 Å². The number of hydrogen-bond donors (Lipinski definition) is 2. The van der Waals surface area contributed by atoms with Gasteiger partial charge in [0, 0.05) is 54.5 Å². The molecule has 1 aromatic heterocycles. The van der Waals surface area contributed by atoms with Gasteiger partial charge in [-0.25, -0.2) is 14.2 Å². The molecule has 4 aromatic carbocycles. The summed E-state index contributed by atoms with van der Waals surface area (Å²) in [6.07, 6.45) is 1.38. The van der Waals surface area contributed by atoms with Gasteiger partial charge in [0.2, 0.25) is 11.7 Å². The number of carbonyl (C=O) groups excluding carboxylic acids is 1. The van der Waals surface area contributed by atoms with E-state index < -0.39 is 11.6 Å². The van der Waals surface area contributed by atoms with Crippen LogP contribution in [0.5, 0.6) is 17.2 Å². The maximum absolute atomic E-state index is 13.4. The molecule has 0 saturated carbocycles. The molecule has 5 aromatic rings. The summed E-state index contributed by atoms with van der Waals surface area (Å²) in [5, 5.41) is 19.1. The molecule has 1 saturated heterocycles. The van der Waals surface area contributed by atoms with Gasteiger partial charge in [-0.2, -0.15) is 10.1 Å². The zero-order valence-corrected chi connectivity index (χ0v) is 28.7. The van der Waals surface area contributed by atoms with Gasteiger partial charge in [-0.1, -0.05) is 53.2 Å². The average Bonchev–Trinajstić information content (AvgIpc) is 3.59. The first-order valence-corrected chi connectivity index (χ1v) is 16.1. The molecule has 51 heavy (non-hydrogen) atoms. The molecule has 266 valence electrons. The number of nitrogens with one attached hydrogen (secondary N) is 1. The van der Waals surface area contributed by atoms with Gasteiger partial charge in [0.05, 0.1) is 19.3 Å². The first kappa shape index (κ1) is 37.2. The lowest BCUT2D eigenvalue weighted by Gasteiger charge is -2.33. The minimum atomic E-state index is -0.961. The van der Waals surface area contributed by atoms with Crippen molar-refractivity contribution in [1.82, 2.24) is 25.4 Å². The molecule has 15 heteroatoms. The highest BCUT2D eigenvalue weighted by molar-refractivity contribution is 6.30. The van der Waals surface area contributed by atoms with Crippen LogP contribution < -0.4 is 14.9 Å². The molecule has 2 N–H and O–H groups in total. The molecule has 1 aliphatic rings. The van der Waals surface area contributed by atoms with Crippen LogP contribution in [0.25, 0.3) is 11.4 Å². The van der Waals surface area contributed by atoms with Crippen LogP contribution in [0.3, 0.4) is 0 Å². The first-order chi connectivity index (χ1) is 24.3. The molecular formula is C36H34Cl2F2N6O5. The highest BCUT2D eigenvalue weighted by atomic mass is 35.5. The summed E-state index contributed by atoms with van der Waals surface area (Å²) in [5.74, 6) is -0.501. The Bertz CT molecular complexity index is 1940. The normalized spacial score (nSPS) is 13.5. The van der Waals surface area contributed by atoms with E-state index in [1.807, 2.05) is 41.3 Å². The monoisotopic (exact) mass is 738 g/mol. The number of aromatic nitrogens is 2. The van der Waals surface area contributed by atoms with Crippen LogP contribution in [0.4, 0.5) is 8.78 Å². The zero-order valence-electron chi connectivity index (χ0n) is 27.2. The van der Waals surface area contributed by atoms with Crippen molar-refractivity contribution >= 4 is 36.1 Å². The Morgan fingerprint density at radius 3 is 2.18 bits per heavy atom. The van der Waals surface area contributed by atoms with Gasteiger partial charge in [0.15, 0.2) is 11.6 Å². The zero-order chi connectivity index (χ0) is 34.9. The number of rotatable bonds is 13. The largest absolute Gasteiger partial charge is 0.507 e. The fraction of sp³-hybridized carbons (Fsp3) is 0.222. The number of hydrogen-bond acceptors (Lipinski definition) is 10. The summed E-state index contributed by atoms with van der Waals surface area (Å²) < 4.78 is 43.3. The minimum absolute atomic E-state index is 0. The van der Waals surface area contributed by atoms with Crippen molar-refractivity contribution in [1.29, 1.82) is 0 Å². The van der Waals surface area contributed by atoms with Crippen LogP contribution in [0.2, 0.25) is 5.02 Å². The Balaban J connectivity index is 0.00000504. The Hall–Kier alpha value is -5.08. The van der Waals surface area contributed by atoms with E-state index in [2.05, 4.69) is 25.6 Å². The van der Waals surface area contributed by atoms with E-state index in [-0.39, 0.29) is 43.0 Å². The van der Waals surface area contributed by atoms with Crippen molar-refractivity contribution in [3.05, 3.63) is 124 Å². The number of ether oxygens (including phenoxy) is 2. The van der Waals surface area contributed by atoms with Gasteiger partial charge in [0.1, 0.15) is 30.5 Å². The summed E-state index contributed by atoms with van der Waals surface area (Å²) in [5.41, 5.74) is 5.50. The van der Waals surface area contributed by atoms with Gasteiger partial charge in [0.25, 0.3) is 5.91 Å². The molecule has 1 fully saturated rings. The van der Waals surface area contributed by atoms with E-state index in [1.54, 1.807) is 24.3 Å². The third-order valence-corrected chi connectivity index (χ3v) is 8.13. The molecule has 0 bridgehead atoms. The molecule has 0 atom stereocenters. The van der Waals surface area contributed by atoms with E-state index in [0.717, 1.165) is 28.8 Å². The number of amides is 1. The topological polar surface area (TPSA) is 126 Å². The lowest BCUT2D eigenvalue weighted by atomic mass is 10.1. The van der Waals surface area contributed by atoms with Gasteiger partial charge in [-0.3, -0.25) is 14.6 Å². The van der Waals surface area contributed by atoms with Crippen molar-refractivity contribution in [2.45, 2.75) is 19.8 Å². The smallest absolute Gasteiger partial charge is 0.254 e. The predicted molar refractivity (Wildman–Crippen MR) is 189 cm³/mol. The number of benzene rings is 4. The molecule has 1 aliphatic heterocycles. The van der Waals surface area contributed by atoms with Crippen LogP contribution in [-0.4, -0.2) is 69.9 Å². The number of halogens is 4. The number of phenols is 1. The highest BCUT2D eigenvalue weighted by Gasteiger charge is 2.21. The molecule has 0 unspecified atom stereocenters. The standard InChI is InChI=1S/C36H33ClF2N6O5.ClH/c37-28-8-3-25(4-9-28)23-49-30-10-7-27(33(46)18-30)19-40-42-34(47)20-44-13-15-45(16-14-44)21-35-41-36(43-50-35)26-5-1-24(2-6-26)22-48-29-11-12-31(38)32(39)17-29;/h1-12,17-19,46H,13-16,20-23H2,(H,42,47);1H. The third-order valence-electron chi connectivity index (χ3n) is 7.88. The highest BCUT2D eigenvalue weighted by Crippen LogP contribution is 2.24. The minimum Gasteiger partial charge on any atom is -0.507 e. The van der Waals surface area contributed by atoms with Gasteiger partial charge in [-0.15, -0.1) is 12.4 Å². The number of carbonyl (C=O) groups is 1. The fourth-order valence-electron chi connectivity index (χ4n) is 5.10. The summed E-state index contributed by atoms with van der Waals surface area (Å²) in [6.45, 7) is 3.94. The molecule has 11 nitrogen and oxygen atoms in total. The van der Waals surface area contributed by atoms with Crippen LogP contribution in [0.1, 0.15) is 22.6 Å². The lowest BCUT2D eigenvalue weighted by molar-refractivity contribution is -0.122. The fourth-order valence-corrected chi connectivity index (χ4v) is 5.22. The first-order valence-electron chi connectivity index (χ1n) is 15.7. The second-order valence-corrected chi connectivity index (χ2v) is 12.0.